The highest BCUT2D eigenvalue weighted by Crippen LogP contribution is 2.06. The third-order valence-electron chi connectivity index (χ3n) is 1.84. The minimum atomic E-state index is -3.19. The number of hydrogen-bond acceptors (Lipinski definition) is 5. The fourth-order valence-electron chi connectivity index (χ4n) is 1.14. The van der Waals surface area contributed by atoms with E-state index in [1.165, 1.54) is 17.1 Å². The second-order valence-electron chi connectivity index (χ2n) is 3.39. The Kier molecular flexibility index (Phi) is 3.83. The molecule has 1 rings (SSSR count). The van der Waals surface area contributed by atoms with E-state index in [0.29, 0.717) is 13.2 Å². The van der Waals surface area contributed by atoms with Crippen LogP contribution in [0.15, 0.2) is 17.3 Å². The molecule has 1 aromatic heterocycles. The Bertz CT molecular complexity index is 413. The monoisotopic (exact) mass is 233 g/mol. The van der Waals surface area contributed by atoms with Crippen LogP contribution in [0.5, 0.6) is 0 Å². The van der Waals surface area contributed by atoms with Crippen LogP contribution in [0.2, 0.25) is 0 Å². The molecule has 0 aliphatic carbocycles. The van der Waals surface area contributed by atoms with Gasteiger partial charge < -0.3 is 10.5 Å². The Morgan fingerprint density at radius 1 is 1.67 bits per heavy atom. The Morgan fingerprint density at radius 3 is 2.80 bits per heavy atom. The smallest absolute Gasteiger partial charge is 0.178 e. The van der Waals surface area contributed by atoms with Crippen molar-refractivity contribution >= 4 is 9.84 Å². The number of sulfone groups is 1. The molecule has 0 radical (unpaired) electrons. The van der Waals surface area contributed by atoms with Crippen molar-refractivity contribution in [3.8, 4) is 0 Å². The summed E-state index contributed by atoms with van der Waals surface area (Å²) in [7, 11) is -1.63. The zero-order chi connectivity index (χ0) is 11.5. The lowest BCUT2D eigenvalue weighted by Gasteiger charge is -2.09. The van der Waals surface area contributed by atoms with Gasteiger partial charge in [0.25, 0.3) is 0 Å². The molecule has 0 aliphatic heterocycles. The van der Waals surface area contributed by atoms with Gasteiger partial charge in [-0.3, -0.25) is 4.68 Å². The SMILES string of the molecule is COCC(N)Cn1cc(S(C)(=O)=O)cn1. The first-order chi connectivity index (χ1) is 6.93. The van der Waals surface area contributed by atoms with Crippen LogP contribution in [0.1, 0.15) is 0 Å². The van der Waals surface area contributed by atoms with Gasteiger partial charge >= 0.3 is 0 Å². The van der Waals surface area contributed by atoms with E-state index in [1.807, 2.05) is 0 Å². The van der Waals surface area contributed by atoms with Crippen LogP contribution in [0.25, 0.3) is 0 Å². The Balaban J connectivity index is 2.69. The van der Waals surface area contributed by atoms with Crippen LogP contribution >= 0.6 is 0 Å². The first-order valence-electron chi connectivity index (χ1n) is 4.40. The van der Waals surface area contributed by atoms with Crippen molar-refractivity contribution in [3.63, 3.8) is 0 Å². The largest absolute Gasteiger partial charge is 0.383 e. The molecule has 6 nitrogen and oxygen atoms in total. The van der Waals surface area contributed by atoms with Crippen molar-refractivity contribution in [2.24, 2.45) is 5.73 Å². The highest BCUT2D eigenvalue weighted by atomic mass is 32.2. The van der Waals surface area contributed by atoms with E-state index in [0.717, 1.165) is 6.26 Å². The second-order valence-corrected chi connectivity index (χ2v) is 5.40. The van der Waals surface area contributed by atoms with E-state index in [2.05, 4.69) is 5.10 Å². The molecular formula is C8H15N3O3S. The average Bonchev–Trinajstić information content (AvgIpc) is 2.52. The molecule has 0 amide bonds. The summed E-state index contributed by atoms with van der Waals surface area (Å²) in [4.78, 5) is 0.201. The van der Waals surface area contributed by atoms with Crippen LogP contribution in [0.3, 0.4) is 0 Å². The fourth-order valence-corrected chi connectivity index (χ4v) is 1.69. The van der Waals surface area contributed by atoms with Gasteiger partial charge in [-0.25, -0.2) is 8.42 Å². The van der Waals surface area contributed by atoms with Gasteiger partial charge in [-0.05, 0) is 0 Å². The van der Waals surface area contributed by atoms with Crippen molar-refractivity contribution < 1.29 is 13.2 Å². The lowest BCUT2D eigenvalue weighted by atomic mass is 10.3. The summed E-state index contributed by atoms with van der Waals surface area (Å²) in [6.45, 7) is 0.845. The molecule has 0 fully saturated rings. The predicted molar refractivity (Wildman–Crippen MR) is 55.2 cm³/mol. The van der Waals surface area contributed by atoms with Crippen LogP contribution in [-0.4, -0.2) is 44.2 Å². The molecule has 2 N–H and O–H groups in total. The number of rotatable bonds is 5. The number of ether oxygens (including phenoxy) is 1. The molecule has 7 heteroatoms. The zero-order valence-corrected chi connectivity index (χ0v) is 9.57. The first-order valence-corrected chi connectivity index (χ1v) is 6.29. The molecule has 0 bridgehead atoms. The molecular weight excluding hydrogens is 218 g/mol. The number of nitrogens with zero attached hydrogens (tertiary/aromatic N) is 2. The highest BCUT2D eigenvalue weighted by molar-refractivity contribution is 7.90. The molecule has 1 atom stereocenters. The molecule has 1 aromatic rings. The zero-order valence-electron chi connectivity index (χ0n) is 8.75. The summed E-state index contributed by atoms with van der Waals surface area (Å²) in [5, 5.41) is 3.91. The van der Waals surface area contributed by atoms with Gasteiger partial charge in [0.05, 0.1) is 19.3 Å². The van der Waals surface area contributed by atoms with E-state index in [4.69, 9.17) is 10.5 Å². The molecule has 86 valence electrons. The van der Waals surface area contributed by atoms with Gasteiger partial charge in [0.1, 0.15) is 4.90 Å². The number of hydrogen-bond donors (Lipinski definition) is 1. The van der Waals surface area contributed by atoms with Gasteiger partial charge in [0.2, 0.25) is 0 Å². The predicted octanol–water partition coefficient (Wildman–Crippen LogP) is -0.740. The molecule has 0 spiro atoms. The maximum absolute atomic E-state index is 11.1. The van der Waals surface area contributed by atoms with Crippen molar-refractivity contribution in [3.05, 3.63) is 12.4 Å². The van der Waals surface area contributed by atoms with Gasteiger partial charge in [-0.15, -0.1) is 0 Å². The topological polar surface area (TPSA) is 87.2 Å². The maximum Gasteiger partial charge on any atom is 0.178 e. The molecule has 1 unspecified atom stereocenters. The summed E-state index contributed by atoms with van der Waals surface area (Å²) >= 11 is 0. The van der Waals surface area contributed by atoms with Crippen molar-refractivity contribution in [2.75, 3.05) is 20.0 Å². The van der Waals surface area contributed by atoms with Crippen LogP contribution in [0, 0.1) is 0 Å². The Labute approximate surface area is 88.9 Å². The van der Waals surface area contributed by atoms with Crippen LogP contribution < -0.4 is 5.73 Å². The van der Waals surface area contributed by atoms with Crippen LogP contribution in [-0.2, 0) is 21.1 Å². The molecule has 1 heterocycles. The fraction of sp³-hybridized carbons (Fsp3) is 0.625. The minimum Gasteiger partial charge on any atom is -0.383 e. The van der Waals surface area contributed by atoms with E-state index < -0.39 is 9.84 Å². The molecule has 15 heavy (non-hydrogen) atoms. The Morgan fingerprint density at radius 2 is 2.33 bits per heavy atom. The summed E-state index contributed by atoms with van der Waals surface area (Å²) in [6.07, 6.45) is 3.92. The van der Waals surface area contributed by atoms with Crippen molar-refractivity contribution in [1.29, 1.82) is 0 Å². The first kappa shape index (κ1) is 12.2. The van der Waals surface area contributed by atoms with E-state index >= 15 is 0 Å². The third kappa shape index (κ3) is 3.61. The molecule has 0 aliphatic rings. The lowest BCUT2D eigenvalue weighted by molar-refractivity contribution is 0.172. The average molecular weight is 233 g/mol. The lowest BCUT2D eigenvalue weighted by Crippen LogP contribution is -2.30. The molecule has 0 saturated heterocycles. The van der Waals surface area contributed by atoms with Gasteiger partial charge in [-0.1, -0.05) is 0 Å². The van der Waals surface area contributed by atoms with Gasteiger partial charge in [-0.2, -0.15) is 5.10 Å². The second kappa shape index (κ2) is 4.73. The highest BCUT2D eigenvalue weighted by Gasteiger charge is 2.11. The number of methoxy groups -OCH3 is 1. The van der Waals surface area contributed by atoms with Crippen LogP contribution in [0.4, 0.5) is 0 Å². The summed E-state index contributed by atoms with van der Waals surface area (Å²) in [6, 6.07) is -0.192. The number of aromatic nitrogens is 2. The molecule has 0 saturated carbocycles. The number of nitrogens with two attached hydrogens (primary N) is 1. The van der Waals surface area contributed by atoms with Gasteiger partial charge in [0, 0.05) is 25.6 Å². The van der Waals surface area contributed by atoms with E-state index in [1.54, 1.807) is 7.11 Å². The normalized spacial score (nSPS) is 14.1. The summed E-state index contributed by atoms with van der Waals surface area (Å²) in [5.74, 6) is 0. The van der Waals surface area contributed by atoms with Crippen molar-refractivity contribution in [2.45, 2.75) is 17.5 Å². The third-order valence-corrected chi connectivity index (χ3v) is 2.91. The summed E-state index contributed by atoms with van der Waals surface area (Å²) < 4.78 is 28.7. The van der Waals surface area contributed by atoms with Crippen molar-refractivity contribution in [1.82, 2.24) is 9.78 Å². The molecule has 0 aromatic carbocycles. The standard InChI is InChI=1S/C8H15N3O3S/c1-14-6-7(9)4-11-5-8(3-10-11)15(2,12)13/h3,5,7H,4,6,9H2,1-2H3. The quantitative estimate of drug-likeness (QED) is 0.723. The van der Waals surface area contributed by atoms with Gasteiger partial charge in [0.15, 0.2) is 9.84 Å². The summed E-state index contributed by atoms with van der Waals surface area (Å²) in [5.41, 5.74) is 5.70. The maximum atomic E-state index is 11.1. The Hall–Kier alpha value is -0.920. The van der Waals surface area contributed by atoms with E-state index in [9.17, 15) is 8.42 Å². The minimum absolute atomic E-state index is 0.192. The van der Waals surface area contributed by atoms with E-state index in [-0.39, 0.29) is 10.9 Å².